The average molecular weight is 153 g/mol. The van der Waals surface area contributed by atoms with Gasteiger partial charge in [0, 0.05) is 5.56 Å². The van der Waals surface area contributed by atoms with Crippen LogP contribution in [0, 0.1) is 5.41 Å². The first-order chi connectivity index (χ1) is 5.30. The van der Waals surface area contributed by atoms with E-state index < -0.39 is 0 Å². The molecule has 1 aromatic carbocycles. The van der Waals surface area contributed by atoms with Crippen LogP contribution >= 0.6 is 0 Å². The lowest BCUT2D eigenvalue weighted by Gasteiger charge is -1.93. The molecule has 4 heteroatoms. The third-order valence-electron chi connectivity index (χ3n) is 1.08. The molecule has 0 aromatic heterocycles. The summed E-state index contributed by atoms with van der Waals surface area (Å²) in [5, 5.41) is 13.5. The summed E-state index contributed by atoms with van der Waals surface area (Å²) >= 11 is 0. The summed E-state index contributed by atoms with van der Waals surface area (Å²) in [4.78, 5) is 0. The SMILES string of the molecule is N=C(N)c1ccccc1.NO. The molecule has 0 aliphatic rings. The highest BCUT2D eigenvalue weighted by atomic mass is 16.4. The molecule has 0 aliphatic carbocycles. The third-order valence-corrected chi connectivity index (χ3v) is 1.08. The Bertz CT molecular complexity index is 210. The van der Waals surface area contributed by atoms with Gasteiger partial charge in [-0.2, -0.15) is 0 Å². The van der Waals surface area contributed by atoms with E-state index in [-0.39, 0.29) is 5.84 Å². The van der Waals surface area contributed by atoms with Crippen LogP contribution < -0.4 is 11.6 Å². The van der Waals surface area contributed by atoms with Crippen LogP contribution in [0.5, 0.6) is 0 Å². The van der Waals surface area contributed by atoms with Crippen LogP contribution in [0.15, 0.2) is 30.3 Å². The van der Waals surface area contributed by atoms with Gasteiger partial charge in [-0.25, -0.2) is 5.90 Å². The van der Waals surface area contributed by atoms with Crippen LogP contribution in [0.3, 0.4) is 0 Å². The summed E-state index contributed by atoms with van der Waals surface area (Å²) in [6, 6.07) is 9.23. The van der Waals surface area contributed by atoms with Crippen LogP contribution in [-0.2, 0) is 0 Å². The number of benzene rings is 1. The Morgan fingerprint density at radius 1 is 1.18 bits per heavy atom. The summed E-state index contributed by atoms with van der Waals surface area (Å²) < 4.78 is 0. The highest BCUT2D eigenvalue weighted by molar-refractivity contribution is 5.94. The molecule has 1 rings (SSSR count). The number of nitrogens with one attached hydrogen (secondary N) is 1. The Labute approximate surface area is 64.9 Å². The fourth-order valence-electron chi connectivity index (χ4n) is 0.618. The van der Waals surface area contributed by atoms with Gasteiger partial charge in [-0.3, -0.25) is 5.41 Å². The highest BCUT2D eigenvalue weighted by Gasteiger charge is 1.89. The van der Waals surface area contributed by atoms with E-state index in [1.165, 1.54) is 0 Å². The van der Waals surface area contributed by atoms with Gasteiger partial charge in [-0.05, 0) is 0 Å². The van der Waals surface area contributed by atoms with Gasteiger partial charge in [0.15, 0.2) is 0 Å². The van der Waals surface area contributed by atoms with E-state index in [0.717, 1.165) is 5.56 Å². The Hall–Kier alpha value is -1.39. The van der Waals surface area contributed by atoms with Crippen LogP contribution in [0.4, 0.5) is 0 Å². The molecule has 0 saturated heterocycles. The Kier molecular flexibility index (Phi) is 4.72. The Morgan fingerprint density at radius 3 is 1.91 bits per heavy atom. The molecule has 0 heterocycles. The molecule has 0 unspecified atom stereocenters. The topological polar surface area (TPSA) is 96.1 Å². The lowest BCUT2D eigenvalue weighted by atomic mass is 10.2. The minimum absolute atomic E-state index is 0.121. The molecule has 0 amide bonds. The first-order valence-corrected chi connectivity index (χ1v) is 2.96. The van der Waals surface area contributed by atoms with E-state index in [4.69, 9.17) is 16.4 Å². The summed E-state index contributed by atoms with van der Waals surface area (Å²) in [6.45, 7) is 0. The number of amidine groups is 1. The van der Waals surface area contributed by atoms with Crippen LogP contribution in [-0.4, -0.2) is 11.0 Å². The highest BCUT2D eigenvalue weighted by Crippen LogP contribution is 1.94. The van der Waals surface area contributed by atoms with E-state index in [9.17, 15) is 0 Å². The molecular weight excluding hydrogens is 142 g/mol. The Morgan fingerprint density at radius 2 is 1.64 bits per heavy atom. The largest absolute Gasteiger partial charge is 0.384 e. The monoisotopic (exact) mass is 153 g/mol. The van der Waals surface area contributed by atoms with Gasteiger partial charge >= 0.3 is 0 Å². The molecule has 11 heavy (non-hydrogen) atoms. The first-order valence-electron chi connectivity index (χ1n) is 2.96. The maximum absolute atomic E-state index is 7.01. The zero-order valence-electron chi connectivity index (χ0n) is 5.99. The van der Waals surface area contributed by atoms with E-state index in [1.807, 2.05) is 30.3 Å². The molecule has 6 N–H and O–H groups in total. The molecule has 0 bridgehead atoms. The molecule has 0 saturated carbocycles. The maximum Gasteiger partial charge on any atom is 0.122 e. The minimum Gasteiger partial charge on any atom is -0.384 e. The number of rotatable bonds is 1. The van der Waals surface area contributed by atoms with Gasteiger partial charge in [-0.15, -0.1) is 0 Å². The summed E-state index contributed by atoms with van der Waals surface area (Å²) in [7, 11) is 0. The van der Waals surface area contributed by atoms with Crippen molar-refractivity contribution in [3.8, 4) is 0 Å². The second-order valence-corrected chi connectivity index (χ2v) is 1.78. The zero-order valence-corrected chi connectivity index (χ0v) is 5.99. The molecule has 0 spiro atoms. The normalized spacial score (nSPS) is 7.82. The predicted molar refractivity (Wildman–Crippen MR) is 43.4 cm³/mol. The predicted octanol–water partition coefficient (Wildman–Crippen LogP) is 0.305. The molecule has 0 atom stereocenters. The van der Waals surface area contributed by atoms with Gasteiger partial charge in [0.05, 0.1) is 0 Å². The molecule has 0 fully saturated rings. The molecular formula is C7H11N3O. The lowest BCUT2D eigenvalue weighted by Crippen LogP contribution is -2.10. The van der Waals surface area contributed by atoms with Crippen molar-refractivity contribution in [2.24, 2.45) is 11.6 Å². The van der Waals surface area contributed by atoms with Gasteiger partial charge in [0.1, 0.15) is 5.84 Å². The van der Waals surface area contributed by atoms with Gasteiger partial charge in [-0.1, -0.05) is 30.3 Å². The molecule has 0 radical (unpaired) electrons. The quantitative estimate of drug-likeness (QED) is 0.265. The van der Waals surface area contributed by atoms with Gasteiger partial charge in [0.2, 0.25) is 0 Å². The van der Waals surface area contributed by atoms with E-state index in [2.05, 4.69) is 5.90 Å². The molecule has 60 valence electrons. The van der Waals surface area contributed by atoms with E-state index >= 15 is 0 Å². The number of nitrogens with two attached hydrogens (primary N) is 2. The van der Waals surface area contributed by atoms with Crippen molar-refractivity contribution in [2.45, 2.75) is 0 Å². The Balaban J connectivity index is 0.000000461. The second kappa shape index (κ2) is 5.40. The van der Waals surface area contributed by atoms with Crippen molar-refractivity contribution in [1.82, 2.24) is 0 Å². The molecule has 0 aliphatic heterocycles. The number of hydrogen-bond acceptors (Lipinski definition) is 3. The first kappa shape index (κ1) is 9.61. The lowest BCUT2D eigenvalue weighted by molar-refractivity contribution is 0.311. The fraction of sp³-hybridized carbons (Fsp3) is 0. The summed E-state index contributed by atoms with van der Waals surface area (Å²) in [5.74, 6) is 3.62. The van der Waals surface area contributed by atoms with Crippen molar-refractivity contribution >= 4 is 5.84 Å². The summed E-state index contributed by atoms with van der Waals surface area (Å²) in [5.41, 5.74) is 5.97. The average Bonchev–Trinajstić information content (AvgIpc) is 2.10. The van der Waals surface area contributed by atoms with Crippen molar-refractivity contribution in [2.75, 3.05) is 0 Å². The molecule has 1 aromatic rings. The maximum atomic E-state index is 7.01. The van der Waals surface area contributed by atoms with Crippen LogP contribution in [0.25, 0.3) is 0 Å². The number of nitrogen functional groups attached to an aromatic ring is 1. The zero-order chi connectivity index (χ0) is 8.69. The summed E-state index contributed by atoms with van der Waals surface area (Å²) in [6.07, 6.45) is 0. The fourth-order valence-corrected chi connectivity index (χ4v) is 0.618. The van der Waals surface area contributed by atoms with Crippen molar-refractivity contribution in [3.05, 3.63) is 35.9 Å². The van der Waals surface area contributed by atoms with Crippen molar-refractivity contribution in [1.29, 1.82) is 5.41 Å². The van der Waals surface area contributed by atoms with Gasteiger partial charge in [0.25, 0.3) is 0 Å². The standard InChI is InChI=1S/C7H8N2.H3NO/c8-7(9)6-4-2-1-3-5-6;1-2/h1-5H,(H3,8,9);2H,1H2. The van der Waals surface area contributed by atoms with Gasteiger partial charge < -0.3 is 10.9 Å². The van der Waals surface area contributed by atoms with Crippen LogP contribution in [0.1, 0.15) is 5.56 Å². The molecule has 4 nitrogen and oxygen atoms in total. The minimum atomic E-state index is 0.121. The third kappa shape index (κ3) is 3.34. The number of hydrogen-bond donors (Lipinski definition) is 4. The second-order valence-electron chi connectivity index (χ2n) is 1.78. The van der Waals surface area contributed by atoms with Crippen LogP contribution in [0.2, 0.25) is 0 Å². The van der Waals surface area contributed by atoms with Crippen molar-refractivity contribution < 1.29 is 5.21 Å². The van der Waals surface area contributed by atoms with E-state index in [1.54, 1.807) is 0 Å². The van der Waals surface area contributed by atoms with Crippen molar-refractivity contribution in [3.63, 3.8) is 0 Å². The smallest absolute Gasteiger partial charge is 0.122 e. The van der Waals surface area contributed by atoms with E-state index in [0.29, 0.717) is 0 Å².